The SMILES string of the molecule is CCCCN1CC(=O)N2CCN(Cc3c(CC)sc4ccccc34)CC2C1=O. The molecule has 28 heavy (non-hydrogen) atoms. The van der Waals surface area contributed by atoms with E-state index in [1.165, 1.54) is 20.5 Å². The third-order valence-electron chi connectivity index (χ3n) is 5.97. The van der Waals surface area contributed by atoms with Crippen LogP contribution < -0.4 is 0 Å². The first-order valence-corrected chi connectivity index (χ1v) is 11.2. The Morgan fingerprint density at radius 1 is 1.14 bits per heavy atom. The van der Waals surface area contributed by atoms with E-state index in [1.807, 2.05) is 16.2 Å². The number of thiophene rings is 1. The molecule has 1 aromatic heterocycles. The summed E-state index contributed by atoms with van der Waals surface area (Å²) >= 11 is 1.88. The van der Waals surface area contributed by atoms with Crippen LogP contribution in [0.3, 0.4) is 0 Å². The van der Waals surface area contributed by atoms with E-state index in [9.17, 15) is 9.59 Å². The van der Waals surface area contributed by atoms with Gasteiger partial charge in [-0.15, -0.1) is 11.3 Å². The first kappa shape index (κ1) is 19.4. The topological polar surface area (TPSA) is 43.9 Å². The van der Waals surface area contributed by atoms with Gasteiger partial charge in [-0.1, -0.05) is 38.5 Å². The fourth-order valence-corrected chi connectivity index (χ4v) is 5.56. The Balaban J connectivity index is 1.53. The molecule has 6 heteroatoms. The molecular formula is C22H29N3O2S. The number of hydrogen-bond donors (Lipinski definition) is 0. The van der Waals surface area contributed by atoms with Crippen LogP contribution in [0.25, 0.3) is 10.1 Å². The van der Waals surface area contributed by atoms with E-state index in [-0.39, 0.29) is 24.4 Å². The lowest BCUT2D eigenvalue weighted by Crippen LogP contribution is -2.66. The molecule has 0 radical (unpaired) electrons. The molecule has 1 unspecified atom stereocenters. The van der Waals surface area contributed by atoms with Gasteiger partial charge >= 0.3 is 0 Å². The molecule has 0 bridgehead atoms. The van der Waals surface area contributed by atoms with E-state index < -0.39 is 0 Å². The molecule has 2 aliphatic rings. The van der Waals surface area contributed by atoms with Crippen LogP contribution in [-0.2, 0) is 22.6 Å². The van der Waals surface area contributed by atoms with Crippen molar-refractivity contribution in [2.24, 2.45) is 0 Å². The molecule has 0 spiro atoms. The number of hydrogen-bond acceptors (Lipinski definition) is 4. The van der Waals surface area contributed by atoms with Gasteiger partial charge < -0.3 is 9.80 Å². The second-order valence-electron chi connectivity index (χ2n) is 7.80. The third kappa shape index (κ3) is 3.55. The molecule has 2 aromatic rings. The predicted octanol–water partition coefficient (Wildman–Crippen LogP) is 3.12. The number of nitrogens with zero attached hydrogens (tertiary/aromatic N) is 3. The van der Waals surface area contributed by atoms with Gasteiger partial charge in [0, 0.05) is 42.3 Å². The summed E-state index contributed by atoms with van der Waals surface area (Å²) in [7, 11) is 0. The summed E-state index contributed by atoms with van der Waals surface area (Å²) < 4.78 is 1.34. The number of carbonyl (C=O) groups is 2. The zero-order valence-corrected chi connectivity index (χ0v) is 17.6. The first-order chi connectivity index (χ1) is 13.6. The van der Waals surface area contributed by atoms with Crippen LogP contribution in [-0.4, -0.2) is 65.3 Å². The molecule has 150 valence electrons. The molecule has 0 aliphatic carbocycles. The summed E-state index contributed by atoms with van der Waals surface area (Å²) in [6.45, 7) is 8.25. The van der Waals surface area contributed by atoms with Gasteiger partial charge in [-0.3, -0.25) is 14.5 Å². The molecular weight excluding hydrogens is 370 g/mol. The van der Waals surface area contributed by atoms with Crippen LogP contribution in [0.2, 0.25) is 0 Å². The Bertz CT molecular complexity index is 878. The van der Waals surface area contributed by atoms with Crippen molar-refractivity contribution >= 4 is 33.2 Å². The van der Waals surface area contributed by atoms with Gasteiger partial charge in [0.1, 0.15) is 6.04 Å². The van der Waals surface area contributed by atoms with Crippen LogP contribution in [0.5, 0.6) is 0 Å². The van der Waals surface area contributed by atoms with Gasteiger partial charge in [-0.2, -0.15) is 0 Å². The van der Waals surface area contributed by atoms with Crippen molar-refractivity contribution in [2.45, 2.75) is 45.7 Å². The zero-order valence-electron chi connectivity index (χ0n) is 16.8. The van der Waals surface area contributed by atoms with Crippen molar-refractivity contribution in [3.63, 3.8) is 0 Å². The highest BCUT2D eigenvalue weighted by Gasteiger charge is 2.42. The third-order valence-corrected chi connectivity index (χ3v) is 7.33. The van der Waals surface area contributed by atoms with E-state index in [4.69, 9.17) is 0 Å². The summed E-state index contributed by atoms with van der Waals surface area (Å²) in [5.74, 6) is 0.235. The standard InChI is InChI=1S/C22H29N3O2S/c1-3-5-10-24-15-21(26)25-12-11-23(14-18(25)22(24)27)13-17-16-8-6-7-9-20(16)28-19(17)4-2/h6-9,18H,3-5,10-15H2,1-2H3. The van der Waals surface area contributed by atoms with Crippen LogP contribution in [0.1, 0.15) is 37.1 Å². The van der Waals surface area contributed by atoms with Crippen LogP contribution in [0.4, 0.5) is 0 Å². The lowest BCUT2D eigenvalue weighted by atomic mass is 10.0. The molecule has 2 amide bonds. The lowest BCUT2D eigenvalue weighted by Gasteiger charge is -2.46. The fraction of sp³-hybridized carbons (Fsp3) is 0.545. The molecule has 2 saturated heterocycles. The largest absolute Gasteiger partial charge is 0.332 e. The Labute approximate surface area is 170 Å². The normalized spacial score (nSPS) is 20.9. The molecule has 1 aromatic carbocycles. The minimum Gasteiger partial charge on any atom is -0.332 e. The Hall–Kier alpha value is -1.92. The molecule has 5 nitrogen and oxygen atoms in total. The van der Waals surface area contributed by atoms with E-state index in [2.05, 4.69) is 43.0 Å². The maximum atomic E-state index is 13.0. The van der Waals surface area contributed by atoms with Crippen LogP contribution in [0.15, 0.2) is 24.3 Å². The average molecular weight is 400 g/mol. The van der Waals surface area contributed by atoms with E-state index in [0.29, 0.717) is 19.6 Å². The maximum Gasteiger partial charge on any atom is 0.247 e. The number of piperazine rings is 2. The van der Waals surface area contributed by atoms with E-state index >= 15 is 0 Å². The number of benzene rings is 1. The van der Waals surface area contributed by atoms with Gasteiger partial charge in [-0.05, 0) is 29.9 Å². The number of fused-ring (bicyclic) bond motifs is 2. The highest BCUT2D eigenvalue weighted by molar-refractivity contribution is 7.19. The number of amides is 2. The second kappa shape index (κ2) is 8.21. The van der Waals surface area contributed by atoms with Crippen molar-refractivity contribution in [2.75, 3.05) is 32.7 Å². The van der Waals surface area contributed by atoms with Gasteiger partial charge in [0.05, 0.1) is 6.54 Å². The van der Waals surface area contributed by atoms with E-state index in [1.54, 1.807) is 4.90 Å². The van der Waals surface area contributed by atoms with Crippen molar-refractivity contribution in [3.05, 3.63) is 34.7 Å². The smallest absolute Gasteiger partial charge is 0.247 e. The molecule has 0 saturated carbocycles. The summed E-state index contributed by atoms with van der Waals surface area (Å²) in [4.78, 5) is 32.9. The highest BCUT2D eigenvalue weighted by atomic mass is 32.1. The van der Waals surface area contributed by atoms with Crippen molar-refractivity contribution in [1.82, 2.24) is 14.7 Å². The van der Waals surface area contributed by atoms with Crippen LogP contribution in [0, 0.1) is 0 Å². The predicted molar refractivity (Wildman–Crippen MR) is 113 cm³/mol. The van der Waals surface area contributed by atoms with Gasteiger partial charge in [-0.25, -0.2) is 0 Å². The van der Waals surface area contributed by atoms with E-state index in [0.717, 1.165) is 32.4 Å². The minimum atomic E-state index is -0.318. The zero-order chi connectivity index (χ0) is 19.7. The molecule has 2 aliphatic heterocycles. The molecule has 3 heterocycles. The fourth-order valence-electron chi connectivity index (χ4n) is 4.41. The van der Waals surface area contributed by atoms with Crippen molar-refractivity contribution in [3.8, 4) is 0 Å². The highest BCUT2D eigenvalue weighted by Crippen LogP contribution is 2.33. The summed E-state index contributed by atoms with van der Waals surface area (Å²) in [6.07, 6.45) is 3.01. The minimum absolute atomic E-state index is 0.107. The average Bonchev–Trinajstić information content (AvgIpc) is 3.07. The number of rotatable bonds is 6. The summed E-state index contributed by atoms with van der Waals surface area (Å²) in [5.41, 5.74) is 1.40. The van der Waals surface area contributed by atoms with Gasteiger partial charge in [0.25, 0.3) is 0 Å². The van der Waals surface area contributed by atoms with Crippen LogP contribution >= 0.6 is 11.3 Å². The van der Waals surface area contributed by atoms with Gasteiger partial charge in [0.15, 0.2) is 0 Å². The Morgan fingerprint density at radius 3 is 2.75 bits per heavy atom. The lowest BCUT2D eigenvalue weighted by molar-refractivity contribution is -0.159. The summed E-state index contributed by atoms with van der Waals surface area (Å²) in [5, 5.41) is 1.34. The number of aryl methyl sites for hydroxylation is 1. The first-order valence-electron chi connectivity index (χ1n) is 10.4. The molecule has 1 atom stereocenters. The maximum absolute atomic E-state index is 13.0. The number of unbranched alkanes of at least 4 members (excludes halogenated alkanes) is 1. The summed E-state index contributed by atoms with van der Waals surface area (Å²) in [6, 6.07) is 8.28. The Morgan fingerprint density at radius 2 is 1.96 bits per heavy atom. The Kier molecular flexibility index (Phi) is 5.69. The number of carbonyl (C=O) groups excluding carboxylic acids is 2. The molecule has 0 N–H and O–H groups in total. The molecule has 2 fully saturated rings. The van der Waals surface area contributed by atoms with Crippen molar-refractivity contribution in [1.29, 1.82) is 0 Å². The second-order valence-corrected chi connectivity index (χ2v) is 8.94. The quantitative estimate of drug-likeness (QED) is 0.750. The van der Waals surface area contributed by atoms with Gasteiger partial charge in [0.2, 0.25) is 11.8 Å². The van der Waals surface area contributed by atoms with Crippen molar-refractivity contribution < 1.29 is 9.59 Å². The monoisotopic (exact) mass is 399 g/mol. The molecule has 4 rings (SSSR count).